The summed E-state index contributed by atoms with van der Waals surface area (Å²) in [7, 11) is 0. The van der Waals surface area contributed by atoms with Crippen molar-refractivity contribution in [2.75, 3.05) is 0 Å². The van der Waals surface area contributed by atoms with Gasteiger partial charge < -0.3 is 4.57 Å². The zero-order valence-corrected chi connectivity index (χ0v) is 33.1. The maximum Gasteiger partial charge on any atom is 0.165 e. The van der Waals surface area contributed by atoms with Crippen LogP contribution in [0.25, 0.3) is 124 Å². The van der Waals surface area contributed by atoms with Gasteiger partial charge in [-0.25, -0.2) is 15.0 Å². The molecule has 0 aliphatic carbocycles. The van der Waals surface area contributed by atoms with Crippen molar-refractivity contribution in [3.63, 3.8) is 0 Å². The summed E-state index contributed by atoms with van der Waals surface area (Å²) in [5.74, 6) is 1.97. The van der Waals surface area contributed by atoms with Gasteiger partial charge in [0, 0.05) is 73.5 Å². The predicted octanol–water partition coefficient (Wildman–Crippen LogP) is 15.0. The summed E-state index contributed by atoms with van der Waals surface area (Å²) in [4.78, 5) is 15.7. The second-order valence-corrected chi connectivity index (χ2v) is 17.3. The lowest BCUT2D eigenvalue weighted by Gasteiger charge is -2.11. The van der Waals surface area contributed by atoms with Gasteiger partial charge in [0.1, 0.15) is 0 Å². The normalized spacial score (nSPS) is 12.1. The van der Waals surface area contributed by atoms with Crippen LogP contribution in [0.4, 0.5) is 0 Å². The Balaban J connectivity index is 1.01. The Morgan fingerprint density at radius 3 is 1.58 bits per heavy atom. The quantitative estimate of drug-likeness (QED) is 0.178. The molecule has 13 aromatic rings. The summed E-state index contributed by atoms with van der Waals surface area (Å²) >= 11 is 3.61. The van der Waals surface area contributed by atoms with Gasteiger partial charge in [-0.3, -0.25) is 0 Å². The molecule has 0 radical (unpaired) electrons. The predicted molar refractivity (Wildman–Crippen MR) is 251 cm³/mol. The zero-order valence-electron chi connectivity index (χ0n) is 31.4. The summed E-state index contributed by atoms with van der Waals surface area (Å²) in [5.41, 5.74) is 6.35. The molecule has 0 atom stereocenters. The molecule has 0 unspecified atom stereocenters. The van der Waals surface area contributed by atoms with E-state index in [1.54, 1.807) is 11.3 Å². The first-order valence-electron chi connectivity index (χ1n) is 19.8. The summed E-state index contributed by atoms with van der Waals surface area (Å²) in [6.45, 7) is 0. The summed E-state index contributed by atoms with van der Waals surface area (Å²) in [5, 5.41) is 12.5. The molecular weight excluding hydrogens is 757 g/mol. The topological polar surface area (TPSA) is 43.6 Å². The Hall–Kier alpha value is -7.25. The minimum atomic E-state index is 0.643. The molecule has 0 saturated carbocycles. The van der Waals surface area contributed by atoms with E-state index in [9.17, 15) is 0 Å². The number of benzene rings is 9. The molecule has 13 rings (SSSR count). The fraction of sp³-hybridized carbons (Fsp3) is 0. The summed E-state index contributed by atoms with van der Waals surface area (Å²) < 4.78 is 7.36. The lowest BCUT2D eigenvalue weighted by molar-refractivity contribution is 1.08. The van der Waals surface area contributed by atoms with E-state index in [0.717, 1.165) is 22.4 Å². The van der Waals surface area contributed by atoms with Crippen LogP contribution in [0.15, 0.2) is 182 Å². The molecule has 274 valence electrons. The van der Waals surface area contributed by atoms with E-state index >= 15 is 0 Å². The number of fused-ring (bicyclic) bond motifs is 13. The Kier molecular flexibility index (Phi) is 7.02. The van der Waals surface area contributed by atoms with Crippen LogP contribution in [-0.4, -0.2) is 19.5 Å². The van der Waals surface area contributed by atoms with Gasteiger partial charge in [0.2, 0.25) is 0 Å². The van der Waals surface area contributed by atoms with Crippen molar-refractivity contribution in [3.05, 3.63) is 182 Å². The molecule has 0 spiro atoms. The maximum absolute atomic E-state index is 5.26. The highest BCUT2D eigenvalue weighted by Crippen LogP contribution is 2.43. The lowest BCUT2D eigenvalue weighted by Crippen LogP contribution is -2.01. The molecule has 59 heavy (non-hydrogen) atoms. The van der Waals surface area contributed by atoms with E-state index in [0.29, 0.717) is 17.5 Å². The van der Waals surface area contributed by atoms with E-state index in [1.807, 2.05) is 11.3 Å². The standard InChI is InChI=1S/C53H30N4S2/c1-3-12-36-31(10-1)22-27-43-48(36)49-37-13-4-2-11-32(37)23-28-44(49)57(43)35-25-20-33(21-26-35)51-54-52(34-24-29-47-42(30-34)39-15-6-7-18-45(39)58-47)56-53(55-51)41-17-9-16-40-38-14-5-8-19-46(38)59-50(40)41/h1-30H. The van der Waals surface area contributed by atoms with E-state index in [2.05, 4.69) is 187 Å². The smallest absolute Gasteiger partial charge is 0.165 e. The van der Waals surface area contributed by atoms with Gasteiger partial charge >= 0.3 is 0 Å². The molecule has 0 fully saturated rings. The second-order valence-electron chi connectivity index (χ2n) is 15.1. The van der Waals surface area contributed by atoms with Crippen LogP contribution >= 0.6 is 22.7 Å². The molecule has 0 N–H and O–H groups in total. The van der Waals surface area contributed by atoms with Gasteiger partial charge in [-0.2, -0.15) is 0 Å². The van der Waals surface area contributed by atoms with Crippen LogP contribution in [0.1, 0.15) is 0 Å². The number of thiophene rings is 2. The second kappa shape index (κ2) is 12.6. The molecule has 6 heteroatoms. The Morgan fingerprint density at radius 1 is 0.356 bits per heavy atom. The molecule has 9 aromatic carbocycles. The molecule has 0 aliphatic heterocycles. The van der Waals surface area contributed by atoms with Gasteiger partial charge in [-0.15, -0.1) is 22.7 Å². The molecule has 4 aromatic heterocycles. The van der Waals surface area contributed by atoms with Crippen LogP contribution < -0.4 is 0 Å². The minimum absolute atomic E-state index is 0.643. The average molecular weight is 787 g/mol. The van der Waals surface area contributed by atoms with Gasteiger partial charge in [-0.05, 0) is 94.3 Å². The van der Waals surface area contributed by atoms with Crippen molar-refractivity contribution in [2.24, 2.45) is 0 Å². The van der Waals surface area contributed by atoms with E-state index < -0.39 is 0 Å². The van der Waals surface area contributed by atoms with E-state index in [1.165, 1.54) is 83.7 Å². The number of aromatic nitrogens is 4. The van der Waals surface area contributed by atoms with Gasteiger partial charge in [0.05, 0.1) is 11.0 Å². The molecule has 0 bridgehead atoms. The molecule has 4 nitrogen and oxygen atoms in total. The van der Waals surface area contributed by atoms with Gasteiger partial charge in [0.15, 0.2) is 17.5 Å². The number of nitrogens with zero attached hydrogens (tertiary/aromatic N) is 4. The Labute approximate surface area is 345 Å². The first kappa shape index (κ1) is 32.8. The van der Waals surface area contributed by atoms with Gasteiger partial charge in [-0.1, -0.05) is 109 Å². The maximum atomic E-state index is 5.26. The number of hydrogen-bond donors (Lipinski definition) is 0. The van der Waals surface area contributed by atoms with Crippen LogP contribution in [-0.2, 0) is 0 Å². The third-order valence-electron chi connectivity index (χ3n) is 11.8. The van der Waals surface area contributed by atoms with Crippen LogP contribution in [0, 0.1) is 0 Å². The van der Waals surface area contributed by atoms with Crippen LogP contribution in [0.2, 0.25) is 0 Å². The minimum Gasteiger partial charge on any atom is -0.309 e. The van der Waals surface area contributed by atoms with Crippen molar-refractivity contribution in [1.29, 1.82) is 0 Å². The third-order valence-corrected chi connectivity index (χ3v) is 14.2. The van der Waals surface area contributed by atoms with Crippen molar-refractivity contribution in [1.82, 2.24) is 19.5 Å². The van der Waals surface area contributed by atoms with Crippen LogP contribution in [0.5, 0.6) is 0 Å². The first-order valence-corrected chi connectivity index (χ1v) is 21.4. The fourth-order valence-corrected chi connectivity index (χ4v) is 11.4. The molecule has 4 heterocycles. The highest BCUT2D eigenvalue weighted by atomic mass is 32.1. The van der Waals surface area contributed by atoms with E-state index in [-0.39, 0.29) is 0 Å². The van der Waals surface area contributed by atoms with Crippen molar-refractivity contribution in [3.8, 4) is 39.9 Å². The summed E-state index contributed by atoms with van der Waals surface area (Å²) in [6, 6.07) is 65.5. The first-order chi connectivity index (χ1) is 29.2. The van der Waals surface area contributed by atoms with Gasteiger partial charge in [0.25, 0.3) is 0 Å². The highest BCUT2D eigenvalue weighted by molar-refractivity contribution is 7.26. The lowest BCUT2D eigenvalue weighted by atomic mass is 10.00. The van der Waals surface area contributed by atoms with Crippen molar-refractivity contribution >= 4 is 106 Å². The number of rotatable bonds is 4. The Bertz CT molecular complexity index is 3760. The van der Waals surface area contributed by atoms with Crippen LogP contribution in [0.3, 0.4) is 0 Å². The summed E-state index contributed by atoms with van der Waals surface area (Å²) in [6.07, 6.45) is 0. The van der Waals surface area contributed by atoms with Crippen molar-refractivity contribution < 1.29 is 0 Å². The molecule has 0 saturated heterocycles. The largest absolute Gasteiger partial charge is 0.309 e. The fourth-order valence-electron chi connectivity index (χ4n) is 9.13. The number of hydrogen-bond acceptors (Lipinski definition) is 5. The molecular formula is C53H30N4S2. The monoisotopic (exact) mass is 786 g/mol. The Morgan fingerprint density at radius 2 is 0.881 bits per heavy atom. The van der Waals surface area contributed by atoms with E-state index in [4.69, 9.17) is 15.0 Å². The average Bonchev–Trinajstić information content (AvgIpc) is 3.98. The highest BCUT2D eigenvalue weighted by Gasteiger charge is 2.20. The SMILES string of the molecule is c1ccc2c(c1)ccc1c2c2c3ccccc3ccc2n1-c1ccc(-c2nc(-c3ccc4sc5ccccc5c4c3)nc(-c3cccc4c3sc3ccccc34)n2)cc1. The molecule has 0 aliphatic rings. The third kappa shape index (κ3) is 4.97. The molecule has 0 amide bonds. The zero-order chi connectivity index (χ0) is 38.6. The van der Waals surface area contributed by atoms with Crippen molar-refractivity contribution in [2.45, 2.75) is 0 Å².